The number of nitrogens with zero attached hydrogens (tertiary/aromatic N) is 2. The van der Waals surface area contributed by atoms with E-state index in [2.05, 4.69) is 22.1 Å². The van der Waals surface area contributed by atoms with Crippen LogP contribution in [0.5, 0.6) is 11.6 Å². The van der Waals surface area contributed by atoms with E-state index < -0.39 is 0 Å². The maximum Gasteiger partial charge on any atom is 0.225 e. The van der Waals surface area contributed by atoms with Gasteiger partial charge in [-0.2, -0.15) is 4.98 Å². The molecule has 1 heterocycles. The van der Waals surface area contributed by atoms with Gasteiger partial charge in [0.25, 0.3) is 0 Å². The normalized spacial score (nSPS) is 13.4. The molecular formula is C13H12ClN3O. The number of aryl methyl sites for hydroxylation is 2. The third kappa shape index (κ3) is 2.24. The number of rotatable bonds is 2. The summed E-state index contributed by atoms with van der Waals surface area (Å²) in [5.74, 6) is 1.23. The molecule has 0 amide bonds. The van der Waals surface area contributed by atoms with Crippen LogP contribution in [0, 0.1) is 0 Å². The molecule has 0 aliphatic heterocycles. The predicted octanol–water partition coefficient (Wildman–Crippen LogP) is 2.99. The monoisotopic (exact) mass is 261 g/mol. The largest absolute Gasteiger partial charge is 0.439 e. The first-order valence-corrected chi connectivity index (χ1v) is 6.18. The molecule has 3 rings (SSSR count). The highest BCUT2D eigenvalue weighted by Gasteiger charge is 2.12. The van der Waals surface area contributed by atoms with Gasteiger partial charge in [-0.25, -0.2) is 4.98 Å². The molecule has 2 aromatic rings. The molecule has 2 N–H and O–H groups in total. The molecule has 0 atom stereocenters. The van der Waals surface area contributed by atoms with Gasteiger partial charge in [-0.1, -0.05) is 17.7 Å². The third-order valence-corrected chi connectivity index (χ3v) is 3.17. The molecule has 18 heavy (non-hydrogen) atoms. The van der Waals surface area contributed by atoms with Crippen molar-refractivity contribution in [3.05, 3.63) is 40.5 Å². The summed E-state index contributed by atoms with van der Waals surface area (Å²) < 4.78 is 5.65. The second-order valence-corrected chi connectivity index (χ2v) is 4.66. The van der Waals surface area contributed by atoms with E-state index in [1.165, 1.54) is 17.5 Å². The van der Waals surface area contributed by atoms with Crippen LogP contribution in [-0.4, -0.2) is 9.97 Å². The van der Waals surface area contributed by atoms with Gasteiger partial charge in [0.2, 0.25) is 11.8 Å². The first-order valence-electron chi connectivity index (χ1n) is 5.80. The zero-order valence-corrected chi connectivity index (χ0v) is 10.4. The van der Waals surface area contributed by atoms with Gasteiger partial charge >= 0.3 is 0 Å². The van der Waals surface area contributed by atoms with Crippen LogP contribution in [0.4, 0.5) is 5.95 Å². The number of nitrogen functional groups attached to an aromatic ring is 1. The van der Waals surface area contributed by atoms with Gasteiger partial charge < -0.3 is 10.5 Å². The molecule has 1 aliphatic rings. The summed E-state index contributed by atoms with van der Waals surface area (Å²) in [5.41, 5.74) is 8.27. The number of ether oxygens (including phenoxy) is 1. The lowest BCUT2D eigenvalue weighted by Gasteiger charge is -2.07. The van der Waals surface area contributed by atoms with E-state index in [-0.39, 0.29) is 11.1 Å². The van der Waals surface area contributed by atoms with Crippen LogP contribution >= 0.6 is 11.6 Å². The first-order chi connectivity index (χ1) is 8.70. The number of fused-ring (bicyclic) bond motifs is 1. The van der Waals surface area contributed by atoms with Crippen LogP contribution in [0.1, 0.15) is 17.5 Å². The fourth-order valence-electron chi connectivity index (χ4n) is 2.20. The number of benzene rings is 1. The van der Waals surface area contributed by atoms with E-state index in [0.29, 0.717) is 5.88 Å². The van der Waals surface area contributed by atoms with Crippen molar-refractivity contribution >= 4 is 17.5 Å². The lowest BCUT2D eigenvalue weighted by Crippen LogP contribution is -1.97. The number of hydrogen-bond donors (Lipinski definition) is 1. The van der Waals surface area contributed by atoms with E-state index in [0.717, 1.165) is 18.6 Å². The second kappa shape index (κ2) is 4.46. The fraction of sp³-hybridized carbons (Fsp3) is 0.231. The lowest BCUT2D eigenvalue weighted by molar-refractivity contribution is 0.462. The Hall–Kier alpha value is -1.81. The summed E-state index contributed by atoms with van der Waals surface area (Å²) >= 11 is 5.80. The molecule has 0 saturated heterocycles. The molecule has 0 spiro atoms. The topological polar surface area (TPSA) is 61.0 Å². The van der Waals surface area contributed by atoms with Gasteiger partial charge in [-0.15, -0.1) is 0 Å². The van der Waals surface area contributed by atoms with Gasteiger partial charge in [0.1, 0.15) is 10.9 Å². The maximum atomic E-state index is 5.80. The highest BCUT2D eigenvalue weighted by Crippen LogP contribution is 2.29. The Labute approximate surface area is 110 Å². The van der Waals surface area contributed by atoms with Gasteiger partial charge in [-0.05, 0) is 42.5 Å². The van der Waals surface area contributed by atoms with E-state index in [1.54, 1.807) is 6.07 Å². The summed E-state index contributed by atoms with van der Waals surface area (Å²) in [7, 11) is 0. The van der Waals surface area contributed by atoms with Crippen molar-refractivity contribution in [2.24, 2.45) is 0 Å². The van der Waals surface area contributed by atoms with Crippen LogP contribution in [0.25, 0.3) is 0 Å². The minimum Gasteiger partial charge on any atom is -0.439 e. The number of anilines is 1. The summed E-state index contributed by atoms with van der Waals surface area (Å²) in [6.45, 7) is 0. The quantitative estimate of drug-likeness (QED) is 0.844. The van der Waals surface area contributed by atoms with Gasteiger partial charge in [0.05, 0.1) is 0 Å². The van der Waals surface area contributed by atoms with Crippen LogP contribution in [0.3, 0.4) is 0 Å². The third-order valence-electron chi connectivity index (χ3n) is 2.98. The molecule has 4 nitrogen and oxygen atoms in total. The van der Waals surface area contributed by atoms with Gasteiger partial charge in [-0.3, -0.25) is 0 Å². The Balaban J connectivity index is 1.88. The molecule has 1 aromatic heterocycles. The fourth-order valence-corrected chi connectivity index (χ4v) is 2.38. The Kier molecular flexibility index (Phi) is 2.80. The molecule has 0 radical (unpaired) electrons. The van der Waals surface area contributed by atoms with Crippen molar-refractivity contribution in [3.8, 4) is 11.6 Å². The molecule has 92 valence electrons. The van der Waals surface area contributed by atoms with Gasteiger partial charge in [0.15, 0.2) is 0 Å². The van der Waals surface area contributed by atoms with Gasteiger partial charge in [0, 0.05) is 6.07 Å². The summed E-state index contributed by atoms with van der Waals surface area (Å²) in [6, 6.07) is 7.64. The zero-order valence-electron chi connectivity index (χ0n) is 9.69. The van der Waals surface area contributed by atoms with Crippen LogP contribution in [-0.2, 0) is 12.8 Å². The average molecular weight is 262 g/mol. The smallest absolute Gasteiger partial charge is 0.225 e. The molecule has 0 saturated carbocycles. The molecule has 0 bridgehead atoms. The molecule has 0 fully saturated rings. The van der Waals surface area contributed by atoms with Crippen molar-refractivity contribution in [3.63, 3.8) is 0 Å². The molecule has 0 unspecified atom stereocenters. The Bertz CT molecular complexity index is 581. The highest BCUT2D eigenvalue weighted by molar-refractivity contribution is 6.29. The maximum absolute atomic E-state index is 5.80. The molecule has 5 heteroatoms. The Morgan fingerprint density at radius 3 is 2.78 bits per heavy atom. The molecule has 1 aromatic carbocycles. The zero-order chi connectivity index (χ0) is 12.5. The van der Waals surface area contributed by atoms with Crippen molar-refractivity contribution in [2.45, 2.75) is 19.3 Å². The minimum absolute atomic E-state index is 0.110. The second-order valence-electron chi connectivity index (χ2n) is 4.27. The van der Waals surface area contributed by atoms with E-state index in [4.69, 9.17) is 22.1 Å². The average Bonchev–Trinajstić information content (AvgIpc) is 2.74. The van der Waals surface area contributed by atoms with Crippen LogP contribution in [0.15, 0.2) is 24.3 Å². The number of hydrogen-bond acceptors (Lipinski definition) is 4. The van der Waals surface area contributed by atoms with E-state index >= 15 is 0 Å². The summed E-state index contributed by atoms with van der Waals surface area (Å²) in [4.78, 5) is 7.77. The summed E-state index contributed by atoms with van der Waals surface area (Å²) in [6.07, 6.45) is 3.48. The highest BCUT2D eigenvalue weighted by atomic mass is 35.5. The Morgan fingerprint density at radius 2 is 1.94 bits per heavy atom. The van der Waals surface area contributed by atoms with Crippen molar-refractivity contribution in [1.29, 1.82) is 0 Å². The summed E-state index contributed by atoms with van der Waals surface area (Å²) in [5, 5.41) is 0.277. The van der Waals surface area contributed by atoms with Crippen LogP contribution in [0.2, 0.25) is 5.15 Å². The minimum atomic E-state index is 0.110. The number of halogens is 1. The number of aromatic nitrogens is 2. The molecule has 1 aliphatic carbocycles. The van der Waals surface area contributed by atoms with Crippen molar-refractivity contribution in [2.75, 3.05) is 5.73 Å². The predicted molar refractivity (Wildman–Crippen MR) is 70.0 cm³/mol. The SMILES string of the molecule is Nc1nc(Cl)cc(Oc2ccc3c(c2)CCC3)n1. The number of nitrogens with two attached hydrogens (primary N) is 1. The van der Waals surface area contributed by atoms with E-state index in [9.17, 15) is 0 Å². The standard InChI is InChI=1S/C13H12ClN3O/c14-11-7-12(17-13(15)16-11)18-10-5-4-8-2-1-3-9(8)6-10/h4-7H,1-3H2,(H2,15,16,17). The van der Waals surface area contributed by atoms with E-state index in [1.807, 2.05) is 6.07 Å². The van der Waals surface area contributed by atoms with Crippen molar-refractivity contribution < 1.29 is 4.74 Å². The van der Waals surface area contributed by atoms with Crippen molar-refractivity contribution in [1.82, 2.24) is 9.97 Å². The molecular weight excluding hydrogens is 250 g/mol. The Morgan fingerprint density at radius 1 is 1.11 bits per heavy atom. The first kappa shape index (κ1) is 11.3. The van der Waals surface area contributed by atoms with Crippen LogP contribution < -0.4 is 10.5 Å². The lowest BCUT2D eigenvalue weighted by atomic mass is 10.1.